The fraction of sp³-hybridized carbons (Fsp3) is 0.269. The van der Waals surface area contributed by atoms with Gasteiger partial charge in [-0.1, -0.05) is 5.92 Å². The third-order valence-corrected chi connectivity index (χ3v) is 6.28. The number of carboxylic acid groups (broad SMARTS) is 1. The largest absolute Gasteiger partial charge is 0.472 e. The number of amides is 1. The van der Waals surface area contributed by atoms with E-state index in [0.29, 0.717) is 29.3 Å². The molecule has 37 heavy (non-hydrogen) atoms. The van der Waals surface area contributed by atoms with Gasteiger partial charge in [0.25, 0.3) is 5.91 Å². The minimum Gasteiger partial charge on any atom is -0.472 e. The summed E-state index contributed by atoms with van der Waals surface area (Å²) in [6.45, 7) is -0.00917. The van der Waals surface area contributed by atoms with Gasteiger partial charge in [0.1, 0.15) is 12.4 Å². The number of hydrogen-bond donors (Lipinski definition) is 3. The maximum Gasteiger partial charge on any atom is 0.416 e. The maximum atomic E-state index is 14.7. The summed E-state index contributed by atoms with van der Waals surface area (Å²) >= 11 is 0. The topological polar surface area (TPSA) is 113 Å². The van der Waals surface area contributed by atoms with Crippen molar-refractivity contribution in [1.29, 1.82) is 0 Å². The highest BCUT2D eigenvalue weighted by Crippen LogP contribution is 2.55. The summed E-state index contributed by atoms with van der Waals surface area (Å²) in [7, 11) is 0. The highest BCUT2D eigenvalue weighted by Gasteiger charge is 2.53. The summed E-state index contributed by atoms with van der Waals surface area (Å²) in [5.74, 6) is 0.0199. The van der Waals surface area contributed by atoms with Crippen molar-refractivity contribution < 1.29 is 46.9 Å². The van der Waals surface area contributed by atoms with Gasteiger partial charge in [-0.25, -0.2) is 14.0 Å². The summed E-state index contributed by atoms with van der Waals surface area (Å²) in [5.41, 5.74) is -4.03. The zero-order chi connectivity index (χ0) is 27.0. The number of aliphatic carboxylic acids is 1. The van der Waals surface area contributed by atoms with Crippen LogP contribution in [0, 0.1) is 17.7 Å². The standard InChI is InChI=1S/C26H19F4NO6/c27-20-7-4-16(26(28,29)30)12-19(20)24(9-10-24)14-25(36,8-2-1-3-21(32)33)23(35)31-17-5-6-18-15(11-17)13-37-22(18)34/h2,4-8,11-12,36H,9-10,13-14H2,(H,31,35)(H,32,33)/b8-2+. The molecular formula is C26H19F4NO6. The van der Waals surface area contributed by atoms with Gasteiger partial charge >= 0.3 is 18.1 Å². The van der Waals surface area contributed by atoms with Gasteiger partial charge < -0.3 is 20.3 Å². The Morgan fingerprint density at radius 3 is 2.54 bits per heavy atom. The average Bonchev–Trinajstić information content (AvgIpc) is 3.50. The van der Waals surface area contributed by atoms with E-state index in [9.17, 15) is 37.1 Å². The summed E-state index contributed by atoms with van der Waals surface area (Å²) < 4.78 is 59.4. The van der Waals surface area contributed by atoms with Gasteiger partial charge in [0.15, 0.2) is 5.60 Å². The molecule has 3 N–H and O–H groups in total. The minimum atomic E-state index is -4.73. The number of carbonyl (C=O) groups excluding carboxylic acids is 2. The van der Waals surface area contributed by atoms with E-state index in [1.165, 1.54) is 18.2 Å². The lowest BCUT2D eigenvalue weighted by Crippen LogP contribution is -2.44. The molecule has 192 valence electrons. The molecule has 1 atom stereocenters. The van der Waals surface area contributed by atoms with Crippen LogP contribution in [0.3, 0.4) is 0 Å². The van der Waals surface area contributed by atoms with Crippen LogP contribution in [0.4, 0.5) is 23.2 Å². The number of fused-ring (bicyclic) bond motifs is 1. The van der Waals surface area contributed by atoms with Gasteiger partial charge in [-0.05, 0) is 73.4 Å². The predicted octanol–water partition coefficient (Wildman–Crippen LogP) is 3.95. The fourth-order valence-corrected chi connectivity index (χ4v) is 4.26. The van der Waals surface area contributed by atoms with Crippen LogP contribution >= 0.6 is 0 Å². The molecule has 0 saturated heterocycles. The van der Waals surface area contributed by atoms with E-state index in [-0.39, 0.29) is 30.7 Å². The number of halogens is 4. The SMILES string of the molecule is O=C(O)C#C/C=C/C(O)(CC1(c2cc(C(F)(F)F)ccc2F)CC1)C(=O)Nc1ccc2c(c1)COC2=O. The predicted molar refractivity (Wildman–Crippen MR) is 121 cm³/mol. The molecule has 2 aliphatic rings. The first-order chi connectivity index (χ1) is 17.3. The van der Waals surface area contributed by atoms with E-state index in [1.54, 1.807) is 5.92 Å². The Kier molecular flexibility index (Phi) is 6.56. The molecule has 2 aromatic carbocycles. The zero-order valence-electron chi connectivity index (χ0n) is 19.0. The number of allylic oxidation sites excluding steroid dienone is 1. The van der Waals surface area contributed by atoms with E-state index in [2.05, 4.69) is 11.2 Å². The van der Waals surface area contributed by atoms with E-state index >= 15 is 0 Å². The van der Waals surface area contributed by atoms with Crippen LogP contribution in [0.5, 0.6) is 0 Å². The normalized spacial score (nSPS) is 17.3. The quantitative estimate of drug-likeness (QED) is 0.304. The average molecular weight is 517 g/mol. The molecule has 1 unspecified atom stereocenters. The van der Waals surface area contributed by atoms with Crippen molar-refractivity contribution in [3.63, 3.8) is 0 Å². The fourth-order valence-electron chi connectivity index (χ4n) is 4.26. The third-order valence-electron chi connectivity index (χ3n) is 6.28. The van der Waals surface area contributed by atoms with Gasteiger partial charge in [0, 0.05) is 22.6 Å². The molecule has 2 aromatic rings. The lowest BCUT2D eigenvalue weighted by atomic mass is 9.81. The second kappa shape index (κ2) is 9.37. The van der Waals surface area contributed by atoms with Crippen LogP contribution in [0.25, 0.3) is 0 Å². The Morgan fingerprint density at radius 1 is 1.16 bits per heavy atom. The Morgan fingerprint density at radius 2 is 1.89 bits per heavy atom. The molecule has 0 spiro atoms. The summed E-state index contributed by atoms with van der Waals surface area (Å²) in [6.07, 6.45) is -2.97. The smallest absolute Gasteiger partial charge is 0.416 e. The molecule has 0 bridgehead atoms. The molecule has 1 aliphatic heterocycles. The van der Waals surface area contributed by atoms with Crippen molar-refractivity contribution in [3.8, 4) is 11.8 Å². The number of carbonyl (C=O) groups is 3. The highest BCUT2D eigenvalue weighted by atomic mass is 19.4. The Balaban J connectivity index is 1.66. The number of esters is 1. The minimum absolute atomic E-state index is 0.00917. The Labute approximate surface area is 207 Å². The van der Waals surface area contributed by atoms with E-state index < -0.39 is 52.8 Å². The van der Waals surface area contributed by atoms with Gasteiger partial charge in [0.05, 0.1) is 11.1 Å². The van der Waals surface area contributed by atoms with E-state index in [1.807, 2.05) is 0 Å². The van der Waals surface area contributed by atoms with Crippen molar-refractivity contribution in [3.05, 3.63) is 76.6 Å². The summed E-state index contributed by atoms with van der Waals surface area (Å²) in [4.78, 5) is 35.5. The molecule has 7 nitrogen and oxygen atoms in total. The number of benzene rings is 2. The number of cyclic esters (lactones) is 1. The maximum absolute atomic E-state index is 14.7. The van der Waals surface area contributed by atoms with Gasteiger partial charge in [-0.2, -0.15) is 13.2 Å². The second-order valence-electron chi connectivity index (χ2n) is 8.88. The van der Waals surface area contributed by atoms with Crippen LogP contribution in [0.2, 0.25) is 0 Å². The summed E-state index contributed by atoms with van der Waals surface area (Å²) in [6, 6.07) is 6.26. The first kappa shape index (κ1) is 25.9. The lowest BCUT2D eigenvalue weighted by molar-refractivity contribution is -0.138. The summed E-state index contributed by atoms with van der Waals surface area (Å²) in [5, 5.41) is 22.5. The van der Waals surface area contributed by atoms with Crippen molar-refractivity contribution >= 4 is 23.5 Å². The molecule has 1 amide bonds. The third kappa shape index (κ3) is 5.49. The Bertz CT molecular complexity index is 1380. The number of anilines is 1. The molecule has 1 fully saturated rings. The molecule has 1 aliphatic carbocycles. The van der Waals surface area contributed by atoms with Crippen LogP contribution in [0.1, 0.15) is 46.3 Å². The van der Waals surface area contributed by atoms with Gasteiger partial charge in [0.2, 0.25) is 0 Å². The second-order valence-corrected chi connectivity index (χ2v) is 8.88. The van der Waals surface area contributed by atoms with Crippen LogP contribution in [0.15, 0.2) is 48.6 Å². The monoisotopic (exact) mass is 517 g/mol. The number of carboxylic acids is 1. The molecule has 4 rings (SSSR count). The number of aliphatic hydroxyl groups is 1. The van der Waals surface area contributed by atoms with Crippen LogP contribution in [-0.4, -0.2) is 33.7 Å². The van der Waals surface area contributed by atoms with Gasteiger partial charge in [-0.3, -0.25) is 4.79 Å². The molecule has 1 saturated carbocycles. The zero-order valence-corrected chi connectivity index (χ0v) is 19.0. The number of alkyl halides is 3. The van der Waals surface area contributed by atoms with Gasteiger partial charge in [-0.15, -0.1) is 0 Å². The first-order valence-electron chi connectivity index (χ1n) is 11.0. The highest BCUT2D eigenvalue weighted by molar-refractivity contribution is 6.00. The van der Waals surface area contributed by atoms with E-state index in [0.717, 1.165) is 12.2 Å². The first-order valence-corrected chi connectivity index (χ1v) is 11.0. The Hall–Kier alpha value is -4.17. The number of nitrogens with one attached hydrogen (secondary N) is 1. The molecular weight excluding hydrogens is 498 g/mol. The van der Waals surface area contributed by atoms with Crippen molar-refractivity contribution in [2.75, 3.05) is 5.32 Å². The van der Waals surface area contributed by atoms with Crippen molar-refractivity contribution in [2.45, 2.75) is 43.1 Å². The number of rotatable bonds is 6. The number of hydrogen-bond acceptors (Lipinski definition) is 5. The lowest BCUT2D eigenvalue weighted by Gasteiger charge is -2.29. The molecule has 11 heteroatoms. The van der Waals surface area contributed by atoms with Crippen LogP contribution in [-0.2, 0) is 32.5 Å². The van der Waals surface area contributed by atoms with Crippen LogP contribution < -0.4 is 5.32 Å². The van der Waals surface area contributed by atoms with Crippen molar-refractivity contribution in [2.24, 2.45) is 0 Å². The molecule has 0 radical (unpaired) electrons. The number of ether oxygens (including phenoxy) is 1. The molecule has 0 aromatic heterocycles. The van der Waals surface area contributed by atoms with E-state index in [4.69, 9.17) is 9.84 Å². The molecule has 1 heterocycles. The van der Waals surface area contributed by atoms with Crippen molar-refractivity contribution in [1.82, 2.24) is 0 Å².